The second kappa shape index (κ2) is 5.02. The molecule has 5 nitrogen and oxygen atoms in total. The lowest BCUT2D eigenvalue weighted by Gasteiger charge is -2.27. The average Bonchev–Trinajstić information content (AvgIpc) is 2.91. The predicted molar refractivity (Wildman–Crippen MR) is 84.4 cm³/mol. The number of furan rings is 1. The molecule has 21 heavy (non-hydrogen) atoms. The minimum atomic E-state index is 0.470. The molecule has 3 aromatic rings. The van der Waals surface area contributed by atoms with Gasteiger partial charge in [-0.2, -0.15) is 0 Å². The van der Waals surface area contributed by atoms with Crippen molar-refractivity contribution in [2.75, 3.05) is 31.1 Å². The minimum absolute atomic E-state index is 0.470. The Morgan fingerprint density at radius 2 is 1.95 bits per heavy atom. The number of hydrogen-bond donors (Lipinski definition) is 1. The number of piperazine rings is 1. The lowest BCUT2D eigenvalue weighted by molar-refractivity contribution is 0.580. The summed E-state index contributed by atoms with van der Waals surface area (Å²) in [6.07, 6.45) is 1.55. The molecule has 2 aromatic heterocycles. The van der Waals surface area contributed by atoms with E-state index in [4.69, 9.17) is 27.6 Å². The number of nitrogens with one attached hydrogen (secondary N) is 1. The molecule has 0 radical (unpaired) electrons. The fourth-order valence-corrected chi connectivity index (χ4v) is 3.09. The smallest absolute Gasteiger partial charge is 0.196 e. The van der Waals surface area contributed by atoms with Crippen LogP contribution in [0.1, 0.15) is 0 Å². The van der Waals surface area contributed by atoms with Crippen LogP contribution in [0, 0.1) is 0 Å². The van der Waals surface area contributed by atoms with Crippen LogP contribution in [0.4, 0.5) is 5.82 Å². The molecule has 1 aromatic carbocycles. The van der Waals surface area contributed by atoms with Gasteiger partial charge < -0.3 is 14.6 Å². The normalized spacial score (nSPS) is 16.0. The van der Waals surface area contributed by atoms with E-state index in [0.717, 1.165) is 37.4 Å². The molecule has 0 saturated carbocycles. The van der Waals surface area contributed by atoms with Crippen LogP contribution in [-0.2, 0) is 0 Å². The SMILES string of the molecule is Clc1ccc2oc3c(N4CCNCC4)ncnc3c2c1Cl. The van der Waals surface area contributed by atoms with Crippen molar-refractivity contribution in [2.45, 2.75) is 0 Å². The van der Waals surface area contributed by atoms with Gasteiger partial charge in [0.2, 0.25) is 0 Å². The van der Waals surface area contributed by atoms with Gasteiger partial charge in [0.1, 0.15) is 17.4 Å². The zero-order chi connectivity index (χ0) is 14.4. The van der Waals surface area contributed by atoms with Crippen molar-refractivity contribution in [3.63, 3.8) is 0 Å². The van der Waals surface area contributed by atoms with Crippen molar-refractivity contribution in [3.8, 4) is 0 Å². The third-order valence-corrected chi connectivity index (χ3v) is 4.51. The molecule has 3 heterocycles. The van der Waals surface area contributed by atoms with Crippen molar-refractivity contribution in [1.29, 1.82) is 0 Å². The number of aromatic nitrogens is 2. The second-order valence-electron chi connectivity index (χ2n) is 4.95. The van der Waals surface area contributed by atoms with E-state index in [-0.39, 0.29) is 0 Å². The average molecular weight is 323 g/mol. The number of benzene rings is 1. The van der Waals surface area contributed by atoms with Crippen LogP contribution >= 0.6 is 23.2 Å². The van der Waals surface area contributed by atoms with E-state index in [1.165, 1.54) is 0 Å². The second-order valence-corrected chi connectivity index (χ2v) is 5.73. The Morgan fingerprint density at radius 3 is 2.76 bits per heavy atom. The molecule has 0 aliphatic carbocycles. The highest BCUT2D eigenvalue weighted by Gasteiger charge is 2.21. The summed E-state index contributed by atoms with van der Waals surface area (Å²) in [5.41, 5.74) is 2.05. The van der Waals surface area contributed by atoms with Gasteiger partial charge in [0.05, 0.1) is 15.4 Å². The van der Waals surface area contributed by atoms with Gasteiger partial charge in [-0.15, -0.1) is 0 Å². The van der Waals surface area contributed by atoms with Gasteiger partial charge in [-0.1, -0.05) is 23.2 Å². The van der Waals surface area contributed by atoms with E-state index in [2.05, 4.69) is 20.2 Å². The van der Waals surface area contributed by atoms with Gasteiger partial charge in [0.25, 0.3) is 0 Å². The van der Waals surface area contributed by atoms with Crippen LogP contribution in [0.15, 0.2) is 22.9 Å². The molecular formula is C14H12Cl2N4O. The van der Waals surface area contributed by atoms with E-state index < -0.39 is 0 Å². The summed E-state index contributed by atoms with van der Waals surface area (Å²) in [5.74, 6) is 0.810. The first-order valence-corrected chi connectivity index (χ1v) is 7.48. The van der Waals surface area contributed by atoms with Crippen LogP contribution < -0.4 is 10.2 Å². The standard InChI is InChI=1S/C14H12Cl2N4O/c15-8-1-2-9-10(11(8)16)12-13(21-9)14(19-7-18-12)20-5-3-17-4-6-20/h1-2,7,17H,3-6H2. The van der Waals surface area contributed by atoms with E-state index in [0.29, 0.717) is 26.7 Å². The molecule has 1 saturated heterocycles. The monoisotopic (exact) mass is 322 g/mol. The Labute approximate surface area is 130 Å². The Kier molecular flexibility index (Phi) is 3.14. The lowest BCUT2D eigenvalue weighted by atomic mass is 10.2. The number of nitrogens with zero attached hydrogens (tertiary/aromatic N) is 3. The summed E-state index contributed by atoms with van der Waals surface area (Å²) in [5, 5.41) is 5.03. The topological polar surface area (TPSA) is 54.2 Å². The van der Waals surface area contributed by atoms with Gasteiger partial charge in [0.15, 0.2) is 11.4 Å². The highest BCUT2D eigenvalue weighted by molar-refractivity contribution is 6.46. The Hall–Kier alpha value is -1.56. The molecule has 7 heteroatoms. The van der Waals surface area contributed by atoms with Gasteiger partial charge in [-0.05, 0) is 12.1 Å². The van der Waals surface area contributed by atoms with E-state index in [1.807, 2.05) is 6.07 Å². The maximum atomic E-state index is 6.31. The maximum Gasteiger partial charge on any atom is 0.196 e. The molecule has 4 rings (SSSR count). The molecule has 1 fully saturated rings. The molecule has 0 atom stereocenters. The number of rotatable bonds is 1. The van der Waals surface area contributed by atoms with Crippen molar-refractivity contribution in [3.05, 3.63) is 28.5 Å². The highest BCUT2D eigenvalue weighted by Crippen LogP contribution is 2.39. The summed E-state index contributed by atoms with van der Waals surface area (Å²) < 4.78 is 5.94. The highest BCUT2D eigenvalue weighted by atomic mass is 35.5. The third kappa shape index (κ3) is 2.04. The van der Waals surface area contributed by atoms with E-state index in [1.54, 1.807) is 12.4 Å². The summed E-state index contributed by atoms with van der Waals surface area (Å²) in [7, 11) is 0. The molecule has 0 bridgehead atoms. The zero-order valence-corrected chi connectivity index (χ0v) is 12.6. The molecule has 0 amide bonds. The fourth-order valence-electron chi connectivity index (χ4n) is 2.69. The zero-order valence-electron chi connectivity index (χ0n) is 11.1. The Morgan fingerprint density at radius 1 is 1.14 bits per heavy atom. The summed E-state index contributed by atoms with van der Waals surface area (Å²) in [6.45, 7) is 3.63. The molecule has 108 valence electrons. The predicted octanol–water partition coefficient (Wildman–Crippen LogP) is 3.09. The first-order valence-electron chi connectivity index (χ1n) is 6.72. The molecule has 0 unspecified atom stereocenters. The molecule has 1 aliphatic rings. The fraction of sp³-hybridized carbons (Fsp3) is 0.286. The number of fused-ring (bicyclic) bond motifs is 3. The van der Waals surface area contributed by atoms with E-state index in [9.17, 15) is 0 Å². The lowest BCUT2D eigenvalue weighted by Crippen LogP contribution is -2.43. The Balaban J connectivity index is 1.99. The van der Waals surface area contributed by atoms with Gasteiger partial charge >= 0.3 is 0 Å². The maximum absolute atomic E-state index is 6.31. The van der Waals surface area contributed by atoms with Crippen molar-refractivity contribution in [2.24, 2.45) is 0 Å². The summed E-state index contributed by atoms with van der Waals surface area (Å²) in [4.78, 5) is 10.9. The minimum Gasteiger partial charge on any atom is -0.450 e. The first kappa shape index (κ1) is 13.1. The molecular weight excluding hydrogens is 311 g/mol. The van der Waals surface area contributed by atoms with Crippen LogP contribution in [-0.4, -0.2) is 36.1 Å². The van der Waals surface area contributed by atoms with Crippen LogP contribution in [0.25, 0.3) is 22.1 Å². The van der Waals surface area contributed by atoms with E-state index >= 15 is 0 Å². The van der Waals surface area contributed by atoms with Crippen molar-refractivity contribution >= 4 is 51.1 Å². The van der Waals surface area contributed by atoms with Gasteiger partial charge in [0, 0.05) is 26.2 Å². The quantitative estimate of drug-likeness (QED) is 0.746. The largest absolute Gasteiger partial charge is 0.450 e. The molecule has 1 N–H and O–H groups in total. The van der Waals surface area contributed by atoms with Crippen LogP contribution in [0.2, 0.25) is 10.0 Å². The van der Waals surface area contributed by atoms with Crippen molar-refractivity contribution < 1.29 is 4.42 Å². The van der Waals surface area contributed by atoms with Crippen molar-refractivity contribution in [1.82, 2.24) is 15.3 Å². The number of anilines is 1. The molecule has 0 spiro atoms. The Bertz CT molecular complexity index is 827. The molecule has 1 aliphatic heterocycles. The first-order chi connectivity index (χ1) is 10.3. The summed E-state index contributed by atoms with van der Waals surface area (Å²) in [6, 6.07) is 3.54. The van der Waals surface area contributed by atoms with Crippen LogP contribution in [0.5, 0.6) is 0 Å². The summed E-state index contributed by atoms with van der Waals surface area (Å²) >= 11 is 12.4. The third-order valence-electron chi connectivity index (χ3n) is 3.71. The van der Waals surface area contributed by atoms with Gasteiger partial charge in [-0.3, -0.25) is 0 Å². The van der Waals surface area contributed by atoms with Gasteiger partial charge in [-0.25, -0.2) is 9.97 Å². The number of halogens is 2. The van der Waals surface area contributed by atoms with Crippen LogP contribution in [0.3, 0.4) is 0 Å². The number of hydrogen-bond acceptors (Lipinski definition) is 5.